The van der Waals surface area contributed by atoms with Crippen molar-refractivity contribution in [3.05, 3.63) is 54.1 Å². The van der Waals surface area contributed by atoms with Gasteiger partial charge in [-0.05, 0) is 43.2 Å². The molecule has 2 aromatic carbocycles. The molecule has 0 aliphatic heterocycles. The van der Waals surface area contributed by atoms with Crippen molar-refractivity contribution in [3.8, 4) is 17.2 Å². The second-order valence-corrected chi connectivity index (χ2v) is 6.07. The number of hydrogen-bond donors (Lipinski definition) is 2. The number of halogens is 2. The molecule has 0 atom stereocenters. The number of nitrogens with zero attached hydrogens (tertiary/aromatic N) is 1. The third-order valence-corrected chi connectivity index (χ3v) is 4.03. The molecule has 29 heavy (non-hydrogen) atoms. The van der Waals surface area contributed by atoms with Crippen molar-refractivity contribution in [1.29, 1.82) is 0 Å². The molecular weight excluding hydrogens is 380 g/mol. The molecule has 158 valence electrons. The molecule has 2 N–H and O–H groups in total. The number of rotatable bonds is 11. The molecule has 0 amide bonds. The van der Waals surface area contributed by atoms with Gasteiger partial charge in [0.05, 0.1) is 13.7 Å². The molecule has 2 rings (SSSR count). The molecule has 0 bridgehead atoms. The minimum atomic E-state index is -2.89. The van der Waals surface area contributed by atoms with Crippen molar-refractivity contribution in [1.82, 2.24) is 10.6 Å². The summed E-state index contributed by atoms with van der Waals surface area (Å²) in [6, 6.07) is 14.4. The molecule has 0 radical (unpaired) electrons. The maximum atomic E-state index is 12.6. The fourth-order valence-electron chi connectivity index (χ4n) is 2.57. The Labute approximate surface area is 169 Å². The highest BCUT2D eigenvalue weighted by Crippen LogP contribution is 2.25. The average molecular weight is 407 g/mol. The predicted molar refractivity (Wildman–Crippen MR) is 109 cm³/mol. The van der Waals surface area contributed by atoms with Crippen LogP contribution in [0.5, 0.6) is 17.2 Å². The van der Waals surface area contributed by atoms with E-state index in [0.29, 0.717) is 30.4 Å². The molecule has 0 aliphatic rings. The highest BCUT2D eigenvalue weighted by Gasteiger charge is 2.11. The SMILES string of the molecule is CN=C(NCCCCOc1ccccc1)NCc1cc(OC)ccc1OC(F)F. The van der Waals surface area contributed by atoms with Gasteiger partial charge in [-0.2, -0.15) is 8.78 Å². The van der Waals surface area contributed by atoms with Crippen LogP contribution in [0.3, 0.4) is 0 Å². The van der Waals surface area contributed by atoms with Crippen molar-refractivity contribution in [2.24, 2.45) is 4.99 Å². The van der Waals surface area contributed by atoms with Crippen LogP contribution in [0.1, 0.15) is 18.4 Å². The lowest BCUT2D eigenvalue weighted by Crippen LogP contribution is -2.37. The Bertz CT molecular complexity index is 758. The number of ether oxygens (including phenoxy) is 3. The Morgan fingerprint density at radius 1 is 1.03 bits per heavy atom. The molecule has 6 nitrogen and oxygen atoms in total. The van der Waals surface area contributed by atoms with Gasteiger partial charge >= 0.3 is 6.61 Å². The standard InChI is InChI=1S/C21H27F2N3O3/c1-24-21(25-12-6-7-13-28-17-8-4-3-5-9-17)26-15-16-14-18(27-2)10-11-19(16)29-20(22)23/h3-5,8-11,14,20H,6-7,12-13,15H2,1-2H3,(H2,24,25,26). The lowest BCUT2D eigenvalue weighted by atomic mass is 10.2. The summed E-state index contributed by atoms with van der Waals surface area (Å²) < 4.78 is 40.6. The van der Waals surface area contributed by atoms with E-state index in [1.165, 1.54) is 13.2 Å². The number of guanidine groups is 1. The average Bonchev–Trinajstić information content (AvgIpc) is 2.74. The maximum absolute atomic E-state index is 12.6. The number of alkyl halides is 2. The van der Waals surface area contributed by atoms with E-state index in [0.717, 1.165) is 18.6 Å². The number of nitrogens with one attached hydrogen (secondary N) is 2. The minimum Gasteiger partial charge on any atom is -0.497 e. The van der Waals surface area contributed by atoms with E-state index >= 15 is 0 Å². The van der Waals surface area contributed by atoms with E-state index in [2.05, 4.69) is 20.4 Å². The Balaban J connectivity index is 1.74. The number of aliphatic imine (C=N–C) groups is 1. The van der Waals surface area contributed by atoms with Gasteiger partial charge < -0.3 is 24.8 Å². The van der Waals surface area contributed by atoms with Crippen LogP contribution >= 0.6 is 0 Å². The van der Waals surface area contributed by atoms with Gasteiger partial charge in [0.1, 0.15) is 17.2 Å². The van der Waals surface area contributed by atoms with Gasteiger partial charge in [0.2, 0.25) is 0 Å². The van der Waals surface area contributed by atoms with Gasteiger partial charge in [0.15, 0.2) is 5.96 Å². The number of unbranched alkanes of at least 4 members (excludes halogenated alkanes) is 1. The maximum Gasteiger partial charge on any atom is 0.387 e. The van der Waals surface area contributed by atoms with E-state index in [1.54, 1.807) is 19.2 Å². The molecule has 0 unspecified atom stereocenters. The van der Waals surface area contributed by atoms with Crippen LogP contribution in [0.2, 0.25) is 0 Å². The van der Waals surface area contributed by atoms with Crippen molar-refractivity contribution >= 4 is 5.96 Å². The van der Waals surface area contributed by atoms with Crippen LogP contribution in [-0.4, -0.2) is 39.9 Å². The summed E-state index contributed by atoms with van der Waals surface area (Å²) in [5.41, 5.74) is 0.545. The normalized spacial score (nSPS) is 11.3. The first-order chi connectivity index (χ1) is 14.1. The van der Waals surface area contributed by atoms with Gasteiger partial charge in [0, 0.05) is 25.7 Å². The van der Waals surface area contributed by atoms with E-state index in [1.807, 2.05) is 30.3 Å². The largest absolute Gasteiger partial charge is 0.497 e. The monoisotopic (exact) mass is 407 g/mol. The molecular formula is C21H27F2N3O3. The fraction of sp³-hybridized carbons (Fsp3) is 0.381. The third kappa shape index (κ3) is 8.25. The minimum absolute atomic E-state index is 0.0989. The quantitative estimate of drug-likeness (QED) is 0.337. The summed E-state index contributed by atoms with van der Waals surface area (Å²) >= 11 is 0. The van der Waals surface area contributed by atoms with E-state index < -0.39 is 6.61 Å². The van der Waals surface area contributed by atoms with E-state index in [9.17, 15) is 8.78 Å². The zero-order chi connectivity index (χ0) is 20.9. The van der Waals surface area contributed by atoms with Gasteiger partial charge in [-0.15, -0.1) is 0 Å². The smallest absolute Gasteiger partial charge is 0.387 e. The molecule has 0 spiro atoms. The molecule has 0 fully saturated rings. The Morgan fingerprint density at radius 3 is 2.52 bits per heavy atom. The fourth-order valence-corrected chi connectivity index (χ4v) is 2.57. The van der Waals surface area contributed by atoms with Crippen molar-refractivity contribution < 1.29 is 23.0 Å². The first kappa shape index (κ1) is 22.3. The van der Waals surface area contributed by atoms with Crippen LogP contribution < -0.4 is 24.8 Å². The van der Waals surface area contributed by atoms with Gasteiger partial charge in [-0.1, -0.05) is 18.2 Å². The van der Waals surface area contributed by atoms with E-state index in [-0.39, 0.29) is 12.3 Å². The Hall–Kier alpha value is -3.03. The molecule has 0 aromatic heterocycles. The molecule has 8 heteroatoms. The molecule has 0 aliphatic carbocycles. The van der Waals surface area contributed by atoms with Crippen LogP contribution in [-0.2, 0) is 6.54 Å². The van der Waals surface area contributed by atoms with Gasteiger partial charge in [0.25, 0.3) is 0 Å². The summed E-state index contributed by atoms with van der Waals surface area (Å²) in [5.74, 6) is 2.09. The van der Waals surface area contributed by atoms with Crippen LogP contribution in [0, 0.1) is 0 Å². The predicted octanol–water partition coefficient (Wildman–Crippen LogP) is 3.82. The lowest BCUT2D eigenvalue weighted by molar-refractivity contribution is -0.0504. The third-order valence-electron chi connectivity index (χ3n) is 4.03. The molecule has 0 heterocycles. The van der Waals surface area contributed by atoms with Crippen molar-refractivity contribution in [2.75, 3.05) is 27.3 Å². The summed E-state index contributed by atoms with van der Waals surface area (Å²) in [5, 5.41) is 6.28. The topological polar surface area (TPSA) is 64.1 Å². The van der Waals surface area contributed by atoms with Gasteiger partial charge in [-0.3, -0.25) is 4.99 Å². The summed E-state index contributed by atoms with van der Waals surface area (Å²) in [6.45, 7) is -1.29. The van der Waals surface area contributed by atoms with Crippen LogP contribution in [0.25, 0.3) is 0 Å². The lowest BCUT2D eigenvalue weighted by Gasteiger charge is -2.15. The van der Waals surface area contributed by atoms with Gasteiger partial charge in [-0.25, -0.2) is 0 Å². The summed E-state index contributed by atoms with van der Waals surface area (Å²) in [6.07, 6.45) is 1.79. The number of benzene rings is 2. The zero-order valence-electron chi connectivity index (χ0n) is 16.7. The second kappa shape index (κ2) is 12.4. The number of hydrogen-bond acceptors (Lipinski definition) is 4. The first-order valence-electron chi connectivity index (χ1n) is 9.36. The number of para-hydroxylation sites is 1. The highest BCUT2D eigenvalue weighted by molar-refractivity contribution is 5.79. The zero-order valence-corrected chi connectivity index (χ0v) is 16.7. The molecule has 0 saturated heterocycles. The van der Waals surface area contributed by atoms with Crippen LogP contribution in [0.15, 0.2) is 53.5 Å². The summed E-state index contributed by atoms with van der Waals surface area (Å²) in [7, 11) is 3.16. The highest BCUT2D eigenvalue weighted by atomic mass is 19.3. The molecule has 2 aromatic rings. The number of methoxy groups -OCH3 is 1. The Kier molecular flexibility index (Phi) is 9.54. The van der Waals surface area contributed by atoms with Crippen LogP contribution in [0.4, 0.5) is 8.78 Å². The Morgan fingerprint density at radius 2 is 1.83 bits per heavy atom. The molecule has 0 saturated carbocycles. The van der Waals surface area contributed by atoms with Crippen molar-refractivity contribution in [2.45, 2.75) is 26.0 Å². The summed E-state index contributed by atoms with van der Waals surface area (Å²) in [4.78, 5) is 4.14. The van der Waals surface area contributed by atoms with E-state index in [4.69, 9.17) is 9.47 Å². The van der Waals surface area contributed by atoms with Crippen molar-refractivity contribution in [3.63, 3.8) is 0 Å². The second-order valence-electron chi connectivity index (χ2n) is 6.07. The first-order valence-corrected chi connectivity index (χ1v) is 9.36.